The normalized spacial score (nSPS) is 17.4. The van der Waals surface area contributed by atoms with Crippen molar-refractivity contribution in [3.8, 4) is 0 Å². The Morgan fingerprint density at radius 1 is 1.22 bits per heavy atom. The summed E-state index contributed by atoms with van der Waals surface area (Å²) in [6.45, 7) is 11.6. The molecule has 1 heterocycles. The Labute approximate surface area is 110 Å². The molecule has 1 fully saturated rings. The van der Waals surface area contributed by atoms with Gasteiger partial charge in [0.2, 0.25) is 0 Å². The number of nitrogens with zero attached hydrogens (tertiary/aromatic N) is 2. The first kappa shape index (κ1) is 13.1. The molecule has 0 aliphatic heterocycles. The standard InChI is InChI=1S/C14H24N4/c1-6-15-10-9-11(18-14(5)7-8-14)17-12(16-10)13(2,3)4/h9H,6-8H2,1-5H3,(H2,15,16,17,18). The maximum absolute atomic E-state index is 4.65. The lowest BCUT2D eigenvalue weighted by Gasteiger charge is -2.20. The van der Waals surface area contributed by atoms with Gasteiger partial charge in [-0.1, -0.05) is 20.8 Å². The molecule has 100 valence electrons. The first-order valence-corrected chi connectivity index (χ1v) is 6.74. The average Bonchev–Trinajstić information content (AvgIpc) is 2.94. The van der Waals surface area contributed by atoms with Gasteiger partial charge in [-0.3, -0.25) is 0 Å². The summed E-state index contributed by atoms with van der Waals surface area (Å²) in [6.07, 6.45) is 2.44. The molecule has 0 aromatic carbocycles. The van der Waals surface area contributed by atoms with Crippen LogP contribution in [-0.4, -0.2) is 22.1 Å². The SMILES string of the molecule is CCNc1cc(NC2(C)CC2)nc(C(C)(C)C)n1. The zero-order chi connectivity index (χ0) is 13.4. The van der Waals surface area contributed by atoms with Crippen LogP contribution in [0.15, 0.2) is 6.07 Å². The van der Waals surface area contributed by atoms with Gasteiger partial charge in [-0.25, -0.2) is 9.97 Å². The van der Waals surface area contributed by atoms with Crippen molar-refractivity contribution in [1.82, 2.24) is 9.97 Å². The number of hydrogen-bond acceptors (Lipinski definition) is 4. The fourth-order valence-corrected chi connectivity index (χ4v) is 1.74. The molecule has 2 rings (SSSR count). The molecular weight excluding hydrogens is 224 g/mol. The van der Waals surface area contributed by atoms with Crippen LogP contribution in [0.3, 0.4) is 0 Å². The molecule has 2 N–H and O–H groups in total. The van der Waals surface area contributed by atoms with Gasteiger partial charge >= 0.3 is 0 Å². The van der Waals surface area contributed by atoms with Gasteiger partial charge in [0.25, 0.3) is 0 Å². The highest BCUT2D eigenvalue weighted by Gasteiger charge is 2.37. The van der Waals surface area contributed by atoms with E-state index >= 15 is 0 Å². The highest BCUT2D eigenvalue weighted by Crippen LogP contribution is 2.38. The van der Waals surface area contributed by atoms with E-state index in [4.69, 9.17) is 0 Å². The van der Waals surface area contributed by atoms with Crippen molar-refractivity contribution in [3.05, 3.63) is 11.9 Å². The average molecular weight is 248 g/mol. The lowest BCUT2D eigenvalue weighted by atomic mass is 9.96. The lowest BCUT2D eigenvalue weighted by molar-refractivity contribution is 0.546. The summed E-state index contributed by atoms with van der Waals surface area (Å²) in [5.74, 6) is 2.72. The molecule has 1 aliphatic carbocycles. The van der Waals surface area contributed by atoms with Crippen molar-refractivity contribution in [2.24, 2.45) is 0 Å². The summed E-state index contributed by atoms with van der Waals surface area (Å²) in [4.78, 5) is 9.23. The second-order valence-electron chi connectivity index (χ2n) is 6.43. The molecule has 0 spiro atoms. The molecule has 0 atom stereocenters. The first-order valence-electron chi connectivity index (χ1n) is 6.74. The second kappa shape index (κ2) is 4.41. The van der Waals surface area contributed by atoms with Crippen molar-refractivity contribution in [2.75, 3.05) is 17.2 Å². The Hall–Kier alpha value is -1.32. The Bertz CT molecular complexity index is 430. The maximum atomic E-state index is 4.65. The minimum Gasteiger partial charge on any atom is -0.370 e. The molecular formula is C14H24N4. The number of anilines is 2. The van der Waals surface area contributed by atoms with E-state index < -0.39 is 0 Å². The van der Waals surface area contributed by atoms with E-state index in [9.17, 15) is 0 Å². The van der Waals surface area contributed by atoms with E-state index in [2.05, 4.69) is 55.2 Å². The van der Waals surface area contributed by atoms with Gasteiger partial charge in [0.15, 0.2) is 0 Å². The molecule has 0 amide bonds. The Kier molecular flexibility index (Phi) is 3.21. The summed E-state index contributed by atoms with van der Waals surface area (Å²) in [6, 6.07) is 2.00. The van der Waals surface area contributed by atoms with Gasteiger partial charge in [-0.2, -0.15) is 0 Å². The van der Waals surface area contributed by atoms with Gasteiger partial charge in [0.05, 0.1) is 0 Å². The van der Waals surface area contributed by atoms with E-state index in [1.807, 2.05) is 6.07 Å². The van der Waals surface area contributed by atoms with Crippen LogP contribution < -0.4 is 10.6 Å². The zero-order valence-electron chi connectivity index (χ0n) is 12.1. The van der Waals surface area contributed by atoms with Crippen LogP contribution in [0.5, 0.6) is 0 Å². The smallest absolute Gasteiger partial charge is 0.138 e. The van der Waals surface area contributed by atoms with Crippen molar-refractivity contribution in [3.63, 3.8) is 0 Å². The van der Waals surface area contributed by atoms with Gasteiger partial charge in [0.1, 0.15) is 17.5 Å². The fourth-order valence-electron chi connectivity index (χ4n) is 1.74. The highest BCUT2D eigenvalue weighted by molar-refractivity contribution is 5.50. The molecule has 0 saturated heterocycles. The molecule has 0 bridgehead atoms. The Balaban J connectivity index is 2.30. The molecule has 1 aromatic rings. The van der Waals surface area contributed by atoms with Crippen LogP contribution in [0.1, 0.15) is 53.3 Å². The predicted octanol–water partition coefficient (Wildman–Crippen LogP) is 3.17. The maximum Gasteiger partial charge on any atom is 0.138 e. The van der Waals surface area contributed by atoms with Crippen LogP contribution in [0, 0.1) is 0 Å². The quantitative estimate of drug-likeness (QED) is 0.859. The predicted molar refractivity (Wildman–Crippen MR) is 76.2 cm³/mol. The number of nitrogens with one attached hydrogen (secondary N) is 2. The van der Waals surface area contributed by atoms with Gasteiger partial charge in [0, 0.05) is 23.6 Å². The van der Waals surface area contributed by atoms with E-state index in [0.29, 0.717) is 0 Å². The van der Waals surface area contributed by atoms with Crippen LogP contribution >= 0.6 is 0 Å². The zero-order valence-corrected chi connectivity index (χ0v) is 12.1. The third-order valence-corrected chi connectivity index (χ3v) is 3.18. The largest absolute Gasteiger partial charge is 0.370 e. The lowest BCUT2D eigenvalue weighted by Crippen LogP contribution is -2.22. The van der Waals surface area contributed by atoms with Crippen LogP contribution in [0.4, 0.5) is 11.6 Å². The fraction of sp³-hybridized carbons (Fsp3) is 0.714. The van der Waals surface area contributed by atoms with Gasteiger partial charge in [-0.05, 0) is 26.7 Å². The number of aromatic nitrogens is 2. The summed E-state index contributed by atoms with van der Waals surface area (Å²) < 4.78 is 0. The molecule has 4 heteroatoms. The molecule has 0 unspecified atom stereocenters. The third kappa shape index (κ3) is 3.12. The van der Waals surface area contributed by atoms with Crippen molar-refractivity contribution in [2.45, 2.75) is 58.4 Å². The minimum atomic E-state index is -0.0354. The van der Waals surface area contributed by atoms with Crippen LogP contribution in [0.25, 0.3) is 0 Å². The number of rotatable bonds is 4. The highest BCUT2D eigenvalue weighted by atomic mass is 15.1. The molecule has 18 heavy (non-hydrogen) atoms. The summed E-state index contributed by atoms with van der Waals surface area (Å²) in [5.41, 5.74) is 0.208. The van der Waals surface area contributed by atoms with Crippen LogP contribution in [-0.2, 0) is 5.41 Å². The van der Waals surface area contributed by atoms with Crippen LogP contribution in [0.2, 0.25) is 0 Å². The van der Waals surface area contributed by atoms with E-state index in [-0.39, 0.29) is 11.0 Å². The minimum absolute atomic E-state index is 0.0354. The molecule has 4 nitrogen and oxygen atoms in total. The second-order valence-corrected chi connectivity index (χ2v) is 6.43. The summed E-state index contributed by atoms with van der Waals surface area (Å²) >= 11 is 0. The molecule has 1 saturated carbocycles. The van der Waals surface area contributed by atoms with Crippen molar-refractivity contribution < 1.29 is 0 Å². The topological polar surface area (TPSA) is 49.8 Å². The van der Waals surface area contributed by atoms with Crippen molar-refractivity contribution >= 4 is 11.6 Å². The molecule has 0 radical (unpaired) electrons. The van der Waals surface area contributed by atoms with Gasteiger partial charge < -0.3 is 10.6 Å². The van der Waals surface area contributed by atoms with E-state index in [1.165, 1.54) is 12.8 Å². The Morgan fingerprint density at radius 2 is 1.83 bits per heavy atom. The third-order valence-electron chi connectivity index (χ3n) is 3.18. The molecule has 1 aliphatic rings. The Morgan fingerprint density at radius 3 is 2.33 bits per heavy atom. The first-order chi connectivity index (χ1) is 8.32. The van der Waals surface area contributed by atoms with E-state index in [0.717, 1.165) is 24.0 Å². The summed E-state index contributed by atoms with van der Waals surface area (Å²) in [7, 11) is 0. The monoisotopic (exact) mass is 248 g/mol. The van der Waals surface area contributed by atoms with E-state index in [1.54, 1.807) is 0 Å². The summed E-state index contributed by atoms with van der Waals surface area (Å²) in [5, 5.41) is 6.79. The molecule has 1 aromatic heterocycles. The van der Waals surface area contributed by atoms with Crippen molar-refractivity contribution in [1.29, 1.82) is 0 Å². The van der Waals surface area contributed by atoms with Gasteiger partial charge in [-0.15, -0.1) is 0 Å². The number of hydrogen-bond donors (Lipinski definition) is 2.